The second-order valence-electron chi connectivity index (χ2n) is 4.55. The average Bonchev–Trinajstić information content (AvgIpc) is 2.53. The molecule has 6 heteroatoms. The van der Waals surface area contributed by atoms with Gasteiger partial charge < -0.3 is 5.32 Å². The molecule has 0 atom stereocenters. The molecule has 0 radical (unpaired) electrons. The monoisotopic (exact) mass is 280 g/mol. The quantitative estimate of drug-likeness (QED) is 0.586. The first-order chi connectivity index (χ1) is 10.2. The van der Waals surface area contributed by atoms with Crippen molar-refractivity contribution in [1.82, 2.24) is 10.2 Å². The fraction of sp³-hybridized carbons (Fsp3) is 0.0667. The third-order valence-electron chi connectivity index (χ3n) is 3.18. The molecule has 6 nitrogen and oxygen atoms in total. The van der Waals surface area contributed by atoms with Crippen LogP contribution in [0.25, 0.3) is 10.9 Å². The van der Waals surface area contributed by atoms with Gasteiger partial charge in [-0.2, -0.15) is 10.2 Å². The van der Waals surface area contributed by atoms with Crippen LogP contribution in [0.1, 0.15) is 5.56 Å². The Labute approximate surface area is 120 Å². The number of anilines is 1. The van der Waals surface area contributed by atoms with E-state index in [0.717, 1.165) is 22.2 Å². The summed E-state index contributed by atoms with van der Waals surface area (Å²) in [5, 5.41) is 22.9. The molecule has 0 fully saturated rings. The van der Waals surface area contributed by atoms with E-state index in [1.165, 1.54) is 12.1 Å². The molecule has 1 heterocycles. The van der Waals surface area contributed by atoms with Gasteiger partial charge >= 0.3 is 0 Å². The average molecular weight is 280 g/mol. The highest BCUT2D eigenvalue weighted by molar-refractivity contribution is 5.90. The summed E-state index contributed by atoms with van der Waals surface area (Å²) in [5.41, 5.74) is 2.77. The van der Waals surface area contributed by atoms with Crippen LogP contribution in [0.5, 0.6) is 0 Å². The Morgan fingerprint density at radius 3 is 2.62 bits per heavy atom. The summed E-state index contributed by atoms with van der Waals surface area (Å²) in [6.07, 6.45) is 1.67. The summed E-state index contributed by atoms with van der Waals surface area (Å²) in [7, 11) is 0. The van der Waals surface area contributed by atoms with Crippen LogP contribution in [0, 0.1) is 10.1 Å². The van der Waals surface area contributed by atoms with E-state index in [4.69, 9.17) is 0 Å². The van der Waals surface area contributed by atoms with Gasteiger partial charge in [-0.15, -0.1) is 0 Å². The van der Waals surface area contributed by atoms with Crippen molar-refractivity contribution in [2.75, 3.05) is 5.32 Å². The third kappa shape index (κ3) is 2.79. The molecule has 0 bridgehead atoms. The Hall–Kier alpha value is -3.02. The zero-order valence-electron chi connectivity index (χ0n) is 11.1. The molecule has 0 aliphatic rings. The second kappa shape index (κ2) is 5.54. The number of hydrogen-bond acceptors (Lipinski definition) is 5. The number of nitro groups is 1. The summed E-state index contributed by atoms with van der Waals surface area (Å²) < 4.78 is 0. The van der Waals surface area contributed by atoms with Crippen LogP contribution in [-0.4, -0.2) is 15.1 Å². The van der Waals surface area contributed by atoms with E-state index in [9.17, 15) is 10.1 Å². The number of aromatic nitrogens is 2. The lowest BCUT2D eigenvalue weighted by Gasteiger charge is -2.08. The molecule has 0 aliphatic heterocycles. The van der Waals surface area contributed by atoms with E-state index in [-0.39, 0.29) is 5.69 Å². The Balaban J connectivity index is 1.79. The predicted molar refractivity (Wildman–Crippen MR) is 80.0 cm³/mol. The predicted octanol–water partition coefficient (Wildman–Crippen LogP) is 3.15. The van der Waals surface area contributed by atoms with Crippen molar-refractivity contribution in [3.8, 4) is 0 Å². The summed E-state index contributed by atoms with van der Waals surface area (Å²) >= 11 is 0. The minimum absolute atomic E-state index is 0.0924. The number of rotatable bonds is 4. The van der Waals surface area contributed by atoms with Crippen molar-refractivity contribution in [2.24, 2.45) is 0 Å². The first kappa shape index (κ1) is 13.0. The summed E-state index contributed by atoms with van der Waals surface area (Å²) in [6, 6.07) is 14.2. The number of nitro benzene ring substituents is 1. The van der Waals surface area contributed by atoms with Crippen LogP contribution in [0.2, 0.25) is 0 Å². The number of fused-ring (bicyclic) bond motifs is 1. The largest absolute Gasteiger partial charge is 0.379 e. The van der Waals surface area contributed by atoms with Gasteiger partial charge in [0, 0.05) is 24.1 Å². The van der Waals surface area contributed by atoms with E-state index >= 15 is 0 Å². The smallest absolute Gasteiger partial charge is 0.269 e. The van der Waals surface area contributed by atoms with E-state index in [1.807, 2.05) is 24.3 Å². The highest BCUT2D eigenvalue weighted by atomic mass is 16.6. The topological polar surface area (TPSA) is 81.0 Å². The van der Waals surface area contributed by atoms with E-state index in [0.29, 0.717) is 6.54 Å². The molecular formula is C15H12N4O2. The lowest BCUT2D eigenvalue weighted by molar-refractivity contribution is -0.384. The van der Waals surface area contributed by atoms with E-state index < -0.39 is 4.92 Å². The molecule has 21 heavy (non-hydrogen) atoms. The van der Waals surface area contributed by atoms with Crippen molar-refractivity contribution < 1.29 is 4.92 Å². The van der Waals surface area contributed by atoms with Gasteiger partial charge in [0.25, 0.3) is 5.69 Å². The molecule has 0 aliphatic carbocycles. The van der Waals surface area contributed by atoms with Crippen LogP contribution in [0.15, 0.2) is 54.7 Å². The maximum atomic E-state index is 10.6. The number of benzene rings is 2. The molecule has 3 aromatic rings. The maximum absolute atomic E-state index is 10.6. The van der Waals surface area contributed by atoms with Crippen LogP contribution in [0.3, 0.4) is 0 Å². The fourth-order valence-corrected chi connectivity index (χ4v) is 2.08. The summed E-state index contributed by atoms with van der Waals surface area (Å²) in [6.45, 7) is 0.563. The minimum Gasteiger partial charge on any atom is -0.379 e. The standard InChI is InChI=1S/C15H12N4O2/c20-19(21)12-7-5-11(6-8-12)9-16-15-10-17-18-14-4-2-1-3-13(14)15/h1-8,10H,9H2,(H,16,18). The zero-order chi connectivity index (χ0) is 14.7. The van der Waals surface area contributed by atoms with Crippen LogP contribution >= 0.6 is 0 Å². The Morgan fingerprint density at radius 1 is 1.10 bits per heavy atom. The van der Waals surface area contributed by atoms with Crippen molar-refractivity contribution in [3.63, 3.8) is 0 Å². The SMILES string of the molecule is O=[N+]([O-])c1ccc(CNc2cnnc3ccccc23)cc1. The molecule has 0 amide bonds. The highest BCUT2D eigenvalue weighted by Crippen LogP contribution is 2.20. The molecule has 0 unspecified atom stereocenters. The molecule has 3 rings (SSSR count). The van der Waals surface area contributed by atoms with Crippen LogP contribution < -0.4 is 5.32 Å². The molecule has 0 saturated heterocycles. The second-order valence-corrected chi connectivity index (χ2v) is 4.55. The fourth-order valence-electron chi connectivity index (χ4n) is 2.08. The Kier molecular flexibility index (Phi) is 3.42. The first-order valence-electron chi connectivity index (χ1n) is 6.42. The third-order valence-corrected chi connectivity index (χ3v) is 3.18. The van der Waals surface area contributed by atoms with Gasteiger partial charge in [0.15, 0.2) is 0 Å². The Morgan fingerprint density at radius 2 is 1.86 bits per heavy atom. The molecule has 1 N–H and O–H groups in total. The first-order valence-corrected chi connectivity index (χ1v) is 6.42. The molecule has 104 valence electrons. The highest BCUT2D eigenvalue weighted by Gasteiger charge is 2.05. The van der Waals surface area contributed by atoms with Gasteiger partial charge in [-0.1, -0.05) is 30.3 Å². The molecule has 1 aromatic heterocycles. The zero-order valence-corrected chi connectivity index (χ0v) is 11.1. The Bertz CT molecular complexity index is 782. The van der Waals surface area contributed by atoms with Gasteiger partial charge in [0.2, 0.25) is 0 Å². The lowest BCUT2D eigenvalue weighted by Crippen LogP contribution is -2.01. The summed E-state index contributed by atoms with van der Waals surface area (Å²) in [5.74, 6) is 0. The number of nitrogens with one attached hydrogen (secondary N) is 1. The molecular weight excluding hydrogens is 268 g/mol. The molecule has 0 saturated carbocycles. The van der Waals surface area contributed by atoms with E-state index in [1.54, 1.807) is 18.3 Å². The van der Waals surface area contributed by atoms with Gasteiger partial charge in [0.05, 0.1) is 22.3 Å². The van der Waals surface area contributed by atoms with Crippen molar-refractivity contribution >= 4 is 22.3 Å². The van der Waals surface area contributed by atoms with Crippen molar-refractivity contribution in [1.29, 1.82) is 0 Å². The van der Waals surface area contributed by atoms with Gasteiger partial charge in [0.1, 0.15) is 0 Å². The number of non-ortho nitro benzene ring substituents is 1. The number of hydrogen-bond donors (Lipinski definition) is 1. The minimum atomic E-state index is -0.405. The van der Waals surface area contributed by atoms with Gasteiger partial charge in [-0.3, -0.25) is 10.1 Å². The molecule has 2 aromatic carbocycles. The van der Waals surface area contributed by atoms with Gasteiger partial charge in [-0.05, 0) is 11.6 Å². The van der Waals surface area contributed by atoms with Crippen LogP contribution in [-0.2, 0) is 6.54 Å². The van der Waals surface area contributed by atoms with E-state index in [2.05, 4.69) is 15.5 Å². The van der Waals surface area contributed by atoms with Crippen molar-refractivity contribution in [2.45, 2.75) is 6.54 Å². The summed E-state index contributed by atoms with van der Waals surface area (Å²) in [4.78, 5) is 10.2. The van der Waals surface area contributed by atoms with Crippen LogP contribution in [0.4, 0.5) is 11.4 Å². The maximum Gasteiger partial charge on any atom is 0.269 e. The number of nitrogens with zero attached hydrogens (tertiary/aromatic N) is 3. The lowest BCUT2D eigenvalue weighted by atomic mass is 10.2. The van der Waals surface area contributed by atoms with Crippen molar-refractivity contribution in [3.05, 3.63) is 70.4 Å². The normalized spacial score (nSPS) is 10.5. The van der Waals surface area contributed by atoms with Gasteiger partial charge in [-0.25, -0.2) is 0 Å². The molecule has 0 spiro atoms.